The molecule has 0 aliphatic heterocycles. The maximum atomic E-state index is 5.64. The molecule has 0 aliphatic rings. The van der Waals surface area contributed by atoms with E-state index in [-0.39, 0.29) is 0 Å². The number of unbranched alkanes of at least 4 members (excludes halogenated alkanes) is 3. The van der Waals surface area contributed by atoms with Crippen molar-refractivity contribution in [2.24, 2.45) is 0 Å². The van der Waals surface area contributed by atoms with Crippen molar-refractivity contribution >= 4 is 11.6 Å². The smallest absolute Gasteiger partial charge is 0.203 e. The first-order valence-corrected chi connectivity index (χ1v) is 10.4. The van der Waals surface area contributed by atoms with Gasteiger partial charge in [-0.15, -0.1) is 32.0 Å². The fourth-order valence-corrected chi connectivity index (χ4v) is 2.71. The second-order valence-electron chi connectivity index (χ2n) is 6.47. The summed E-state index contributed by atoms with van der Waals surface area (Å²) in [6.07, 6.45) is 4.56. The van der Waals surface area contributed by atoms with Crippen LogP contribution >= 0.6 is 11.6 Å². The highest BCUT2D eigenvalue weighted by molar-refractivity contribution is 6.17. The summed E-state index contributed by atoms with van der Waals surface area (Å²) in [5, 5.41) is 19.3. The first-order valence-electron chi connectivity index (χ1n) is 9.85. The molecule has 0 spiro atoms. The minimum atomic E-state index is 0.538. The zero-order valence-corrected chi connectivity index (χ0v) is 17.3. The molecule has 1 heterocycles. The third-order valence-corrected chi connectivity index (χ3v) is 4.35. The van der Waals surface area contributed by atoms with Gasteiger partial charge < -0.3 is 14.8 Å². The molecule has 0 saturated carbocycles. The number of alkyl halides is 1. The van der Waals surface area contributed by atoms with Gasteiger partial charge in [-0.05, 0) is 25.3 Å². The third kappa shape index (κ3) is 9.50. The Morgan fingerprint density at radius 1 is 0.821 bits per heavy atom. The lowest BCUT2D eigenvalue weighted by Gasteiger charge is -2.08. The highest BCUT2D eigenvalue weighted by Crippen LogP contribution is 2.13. The van der Waals surface area contributed by atoms with Gasteiger partial charge in [-0.3, -0.25) is 0 Å². The predicted octanol–water partition coefficient (Wildman–Crippen LogP) is 3.16. The third-order valence-electron chi connectivity index (χ3n) is 4.09. The largest absolute Gasteiger partial charge is 0.379 e. The Balaban J connectivity index is 1.47. The SMILES string of the molecule is Cc1nnc(-c2ccc(CNCCOCCOCCCCCCCl)cc2)nn1. The van der Waals surface area contributed by atoms with Gasteiger partial charge in [0, 0.05) is 31.1 Å². The predicted molar refractivity (Wildman–Crippen MR) is 110 cm³/mol. The molecule has 154 valence electrons. The molecule has 1 aromatic carbocycles. The van der Waals surface area contributed by atoms with Crippen LogP contribution in [-0.4, -0.2) is 59.2 Å². The average Bonchev–Trinajstić information content (AvgIpc) is 2.72. The number of halogens is 1. The number of ether oxygens (including phenoxy) is 2. The minimum Gasteiger partial charge on any atom is -0.379 e. The van der Waals surface area contributed by atoms with Crippen molar-refractivity contribution in [2.45, 2.75) is 39.2 Å². The molecular weight excluding hydrogens is 378 g/mol. The van der Waals surface area contributed by atoms with E-state index in [9.17, 15) is 0 Å². The fraction of sp³-hybridized carbons (Fsp3) is 0.600. The van der Waals surface area contributed by atoms with E-state index in [4.69, 9.17) is 21.1 Å². The van der Waals surface area contributed by atoms with Gasteiger partial charge in [0.05, 0.1) is 19.8 Å². The zero-order valence-electron chi connectivity index (χ0n) is 16.6. The van der Waals surface area contributed by atoms with Gasteiger partial charge in [0.25, 0.3) is 0 Å². The molecule has 7 nitrogen and oxygen atoms in total. The van der Waals surface area contributed by atoms with Gasteiger partial charge in [0.2, 0.25) is 5.82 Å². The molecule has 2 rings (SSSR count). The zero-order chi connectivity index (χ0) is 19.9. The van der Waals surface area contributed by atoms with Crippen LogP contribution in [0.4, 0.5) is 0 Å². The molecule has 0 aliphatic carbocycles. The number of aryl methyl sites for hydroxylation is 1. The molecule has 28 heavy (non-hydrogen) atoms. The monoisotopic (exact) mass is 407 g/mol. The second kappa shape index (κ2) is 14.3. The molecule has 0 saturated heterocycles. The van der Waals surface area contributed by atoms with Crippen LogP contribution < -0.4 is 5.32 Å². The van der Waals surface area contributed by atoms with Crippen LogP contribution in [0.3, 0.4) is 0 Å². The Kier molecular flexibility index (Phi) is 11.6. The van der Waals surface area contributed by atoms with Crippen molar-refractivity contribution in [2.75, 3.05) is 38.9 Å². The van der Waals surface area contributed by atoms with Crippen molar-refractivity contribution in [1.29, 1.82) is 0 Å². The summed E-state index contributed by atoms with van der Waals surface area (Å²) in [6.45, 7) is 6.12. The molecular formula is C20H30ClN5O2. The van der Waals surface area contributed by atoms with Crippen LogP contribution in [0.5, 0.6) is 0 Å². The number of benzene rings is 1. The maximum absolute atomic E-state index is 5.64. The number of hydrogen-bond acceptors (Lipinski definition) is 7. The Labute approximate surface area is 172 Å². The molecule has 0 unspecified atom stereocenters. The first-order chi connectivity index (χ1) is 13.8. The van der Waals surface area contributed by atoms with Crippen LogP contribution in [0, 0.1) is 6.92 Å². The standard InChI is InChI=1S/C20H30ClN5O2/c1-17-23-25-20(26-24-17)19-8-6-18(7-9-19)16-22-11-13-28-15-14-27-12-5-3-2-4-10-21/h6-9,22H,2-5,10-16H2,1H3. The van der Waals surface area contributed by atoms with Crippen molar-refractivity contribution in [1.82, 2.24) is 25.7 Å². The van der Waals surface area contributed by atoms with Gasteiger partial charge in [-0.2, -0.15) is 0 Å². The lowest BCUT2D eigenvalue weighted by atomic mass is 10.1. The van der Waals surface area contributed by atoms with Gasteiger partial charge in [-0.1, -0.05) is 37.1 Å². The van der Waals surface area contributed by atoms with Crippen molar-refractivity contribution in [3.05, 3.63) is 35.7 Å². The van der Waals surface area contributed by atoms with Gasteiger partial charge in [0.15, 0.2) is 5.82 Å². The Bertz CT molecular complexity index is 640. The summed E-state index contributed by atoms with van der Waals surface area (Å²) in [6, 6.07) is 8.06. The van der Waals surface area contributed by atoms with E-state index in [0.717, 1.165) is 44.0 Å². The Hall–Kier alpha value is -1.67. The van der Waals surface area contributed by atoms with E-state index in [0.29, 0.717) is 31.5 Å². The van der Waals surface area contributed by atoms with E-state index in [1.165, 1.54) is 18.4 Å². The molecule has 0 atom stereocenters. The Morgan fingerprint density at radius 2 is 1.50 bits per heavy atom. The summed E-state index contributed by atoms with van der Waals surface area (Å²) in [7, 11) is 0. The van der Waals surface area contributed by atoms with Gasteiger partial charge >= 0.3 is 0 Å². The van der Waals surface area contributed by atoms with E-state index >= 15 is 0 Å². The van der Waals surface area contributed by atoms with Crippen LogP contribution in [0.1, 0.15) is 37.1 Å². The van der Waals surface area contributed by atoms with E-state index in [1.54, 1.807) is 6.92 Å². The van der Waals surface area contributed by atoms with Crippen LogP contribution in [0.25, 0.3) is 11.4 Å². The summed E-state index contributed by atoms with van der Waals surface area (Å²) in [5.74, 6) is 1.86. The molecule has 0 amide bonds. The molecule has 0 bridgehead atoms. The molecule has 0 fully saturated rings. The highest BCUT2D eigenvalue weighted by atomic mass is 35.5. The fourth-order valence-electron chi connectivity index (χ4n) is 2.52. The van der Waals surface area contributed by atoms with Crippen molar-refractivity contribution in [3.63, 3.8) is 0 Å². The average molecular weight is 408 g/mol. The normalized spacial score (nSPS) is 11.1. The van der Waals surface area contributed by atoms with Gasteiger partial charge in [0.1, 0.15) is 0 Å². The lowest BCUT2D eigenvalue weighted by molar-refractivity contribution is 0.0473. The number of hydrogen-bond donors (Lipinski definition) is 1. The number of aromatic nitrogens is 4. The minimum absolute atomic E-state index is 0.538. The number of rotatable bonds is 15. The molecule has 1 N–H and O–H groups in total. The maximum Gasteiger partial charge on any atom is 0.203 e. The lowest BCUT2D eigenvalue weighted by Crippen LogP contribution is -2.20. The van der Waals surface area contributed by atoms with Crippen molar-refractivity contribution < 1.29 is 9.47 Å². The molecule has 2 aromatic rings. The van der Waals surface area contributed by atoms with E-state index in [1.807, 2.05) is 24.3 Å². The van der Waals surface area contributed by atoms with Crippen LogP contribution in [0.15, 0.2) is 24.3 Å². The summed E-state index contributed by atoms with van der Waals surface area (Å²) in [5.41, 5.74) is 2.10. The second-order valence-corrected chi connectivity index (χ2v) is 6.85. The quantitative estimate of drug-likeness (QED) is 0.358. The first kappa shape index (κ1) is 22.6. The molecule has 1 aromatic heterocycles. The summed E-state index contributed by atoms with van der Waals surface area (Å²) >= 11 is 5.64. The highest BCUT2D eigenvalue weighted by Gasteiger charge is 2.03. The van der Waals surface area contributed by atoms with Crippen LogP contribution in [0.2, 0.25) is 0 Å². The summed E-state index contributed by atoms with van der Waals surface area (Å²) < 4.78 is 11.1. The van der Waals surface area contributed by atoms with Crippen molar-refractivity contribution in [3.8, 4) is 11.4 Å². The molecule has 8 heteroatoms. The van der Waals surface area contributed by atoms with Gasteiger partial charge in [-0.25, -0.2) is 0 Å². The number of nitrogens with zero attached hydrogens (tertiary/aromatic N) is 4. The van der Waals surface area contributed by atoms with E-state index in [2.05, 4.69) is 25.7 Å². The van der Waals surface area contributed by atoms with E-state index < -0.39 is 0 Å². The van der Waals surface area contributed by atoms with Crippen LogP contribution in [-0.2, 0) is 16.0 Å². The number of nitrogens with one attached hydrogen (secondary N) is 1. The Morgan fingerprint density at radius 3 is 2.21 bits per heavy atom. The summed E-state index contributed by atoms with van der Waals surface area (Å²) in [4.78, 5) is 0. The molecule has 0 radical (unpaired) electrons. The topological polar surface area (TPSA) is 82.1 Å².